The molecule has 0 spiro atoms. The maximum atomic E-state index is 12.0. The molecule has 0 aliphatic rings. The summed E-state index contributed by atoms with van der Waals surface area (Å²) >= 11 is 0. The molecule has 2 N–H and O–H groups in total. The van der Waals surface area contributed by atoms with Gasteiger partial charge < -0.3 is 14.8 Å². The van der Waals surface area contributed by atoms with Crippen LogP contribution in [0, 0.1) is 6.92 Å². The van der Waals surface area contributed by atoms with E-state index in [1.165, 1.54) is 6.92 Å². The highest BCUT2D eigenvalue weighted by molar-refractivity contribution is 5.97. The summed E-state index contributed by atoms with van der Waals surface area (Å²) in [5, 5.41) is 4.71. The minimum absolute atomic E-state index is 0.00817. The van der Waals surface area contributed by atoms with Gasteiger partial charge in [0.25, 0.3) is 5.91 Å². The molecule has 7 heteroatoms. The second-order valence-electron chi connectivity index (χ2n) is 6.20. The molecule has 0 aromatic heterocycles. The molecule has 0 aliphatic carbocycles. The van der Waals surface area contributed by atoms with Crippen LogP contribution in [0.4, 0.5) is 4.79 Å². The van der Waals surface area contributed by atoms with Gasteiger partial charge in [0, 0.05) is 6.54 Å². The number of nitrogens with one attached hydrogen (secondary N) is 2. The first-order valence-electron chi connectivity index (χ1n) is 8.95. The van der Waals surface area contributed by atoms with E-state index in [4.69, 9.17) is 9.47 Å². The Labute approximate surface area is 164 Å². The zero-order valence-electron chi connectivity index (χ0n) is 15.9. The Bertz CT molecular complexity index is 807. The quantitative estimate of drug-likeness (QED) is 0.683. The Morgan fingerprint density at radius 3 is 2.50 bits per heavy atom. The second kappa shape index (κ2) is 10.7. The maximum Gasteiger partial charge on any atom is 0.321 e. The number of benzene rings is 2. The topological polar surface area (TPSA) is 93.7 Å². The van der Waals surface area contributed by atoms with E-state index in [0.717, 1.165) is 11.1 Å². The normalized spacial score (nSPS) is 11.2. The largest absolute Gasteiger partial charge is 0.493 e. The van der Waals surface area contributed by atoms with Crippen LogP contribution in [0.5, 0.6) is 5.75 Å². The molecule has 0 aliphatic heterocycles. The van der Waals surface area contributed by atoms with Crippen LogP contribution in [0.2, 0.25) is 0 Å². The number of esters is 1. The van der Waals surface area contributed by atoms with Crippen molar-refractivity contribution in [3.05, 3.63) is 65.7 Å². The lowest BCUT2D eigenvalue weighted by atomic mass is 10.2. The van der Waals surface area contributed by atoms with Gasteiger partial charge in [0.1, 0.15) is 5.75 Å². The molecule has 0 unspecified atom stereocenters. The third kappa shape index (κ3) is 7.49. The Morgan fingerprint density at radius 2 is 1.79 bits per heavy atom. The number of hydrogen-bond acceptors (Lipinski definition) is 5. The predicted molar refractivity (Wildman–Crippen MR) is 104 cm³/mol. The number of urea groups is 1. The van der Waals surface area contributed by atoms with Gasteiger partial charge in [0.05, 0.1) is 13.0 Å². The first-order chi connectivity index (χ1) is 13.4. The molecule has 2 aromatic rings. The Balaban J connectivity index is 1.66. The highest BCUT2D eigenvalue weighted by Gasteiger charge is 2.19. The monoisotopic (exact) mass is 384 g/mol. The van der Waals surface area contributed by atoms with Crippen molar-refractivity contribution in [1.29, 1.82) is 0 Å². The summed E-state index contributed by atoms with van der Waals surface area (Å²) in [6.07, 6.45) is -1.10. The van der Waals surface area contributed by atoms with Crippen molar-refractivity contribution in [3.8, 4) is 5.75 Å². The molecular formula is C21H24N2O5. The average molecular weight is 384 g/mol. The molecule has 7 nitrogen and oxygen atoms in total. The first kappa shape index (κ1) is 21.0. The third-order valence-corrected chi connectivity index (χ3v) is 3.77. The number of hydrogen-bond donors (Lipinski definition) is 2. The van der Waals surface area contributed by atoms with Crippen LogP contribution < -0.4 is 15.4 Å². The summed E-state index contributed by atoms with van der Waals surface area (Å²) in [5.74, 6) is -0.618. The number of carbonyl (C=O) groups excluding carboxylic acids is 3. The van der Waals surface area contributed by atoms with Crippen molar-refractivity contribution in [2.75, 3.05) is 6.61 Å². The number of ether oxygens (including phenoxy) is 2. The van der Waals surface area contributed by atoms with Crippen LogP contribution in [-0.2, 0) is 20.9 Å². The van der Waals surface area contributed by atoms with E-state index in [1.54, 1.807) is 6.07 Å². The van der Waals surface area contributed by atoms with E-state index in [0.29, 0.717) is 5.75 Å². The van der Waals surface area contributed by atoms with Crippen molar-refractivity contribution in [1.82, 2.24) is 10.6 Å². The SMILES string of the molecule is Cc1cccc(OCCC(=O)O[C@H](C)C(=O)NC(=O)NCc2ccccc2)c1. The summed E-state index contributed by atoms with van der Waals surface area (Å²) in [5.41, 5.74) is 1.95. The van der Waals surface area contributed by atoms with E-state index < -0.39 is 24.0 Å². The van der Waals surface area contributed by atoms with Crippen molar-refractivity contribution < 1.29 is 23.9 Å². The van der Waals surface area contributed by atoms with E-state index in [9.17, 15) is 14.4 Å². The molecule has 0 saturated carbocycles. The van der Waals surface area contributed by atoms with Crippen LogP contribution in [0.15, 0.2) is 54.6 Å². The van der Waals surface area contributed by atoms with Crippen LogP contribution in [0.25, 0.3) is 0 Å². The molecule has 1 atom stereocenters. The zero-order chi connectivity index (χ0) is 20.4. The lowest BCUT2D eigenvalue weighted by Crippen LogP contribution is -2.44. The van der Waals surface area contributed by atoms with Crippen LogP contribution in [0.1, 0.15) is 24.5 Å². The van der Waals surface area contributed by atoms with Gasteiger partial charge in [-0.2, -0.15) is 0 Å². The van der Waals surface area contributed by atoms with Gasteiger partial charge in [0.2, 0.25) is 0 Å². The molecule has 0 saturated heterocycles. The fourth-order valence-electron chi connectivity index (χ4n) is 2.30. The molecule has 0 heterocycles. The van der Waals surface area contributed by atoms with Gasteiger partial charge >= 0.3 is 12.0 Å². The molecular weight excluding hydrogens is 360 g/mol. The van der Waals surface area contributed by atoms with Gasteiger partial charge in [0.15, 0.2) is 6.10 Å². The first-order valence-corrected chi connectivity index (χ1v) is 8.95. The molecule has 0 fully saturated rings. The highest BCUT2D eigenvalue weighted by Crippen LogP contribution is 2.12. The Hall–Kier alpha value is -3.35. The maximum absolute atomic E-state index is 12.0. The highest BCUT2D eigenvalue weighted by atomic mass is 16.5. The molecule has 2 aromatic carbocycles. The van der Waals surface area contributed by atoms with Crippen molar-refractivity contribution in [2.45, 2.75) is 32.9 Å². The van der Waals surface area contributed by atoms with Crippen LogP contribution in [0.3, 0.4) is 0 Å². The number of amides is 3. The van der Waals surface area contributed by atoms with Gasteiger partial charge in [-0.15, -0.1) is 0 Å². The number of imide groups is 1. The zero-order valence-corrected chi connectivity index (χ0v) is 15.9. The summed E-state index contributed by atoms with van der Waals surface area (Å²) in [6.45, 7) is 3.76. The molecule has 0 bridgehead atoms. The van der Waals surface area contributed by atoms with Crippen LogP contribution in [-0.4, -0.2) is 30.6 Å². The Kier molecular flexibility index (Phi) is 8.02. The summed E-state index contributed by atoms with van der Waals surface area (Å²) in [4.78, 5) is 35.6. The fraction of sp³-hybridized carbons (Fsp3) is 0.286. The van der Waals surface area contributed by atoms with Gasteiger partial charge in [-0.25, -0.2) is 4.79 Å². The molecule has 28 heavy (non-hydrogen) atoms. The number of aryl methyl sites for hydroxylation is 1. The fourth-order valence-corrected chi connectivity index (χ4v) is 2.30. The Morgan fingerprint density at radius 1 is 1.04 bits per heavy atom. The summed E-state index contributed by atoms with van der Waals surface area (Å²) < 4.78 is 10.5. The predicted octanol–water partition coefficient (Wildman–Crippen LogP) is 2.72. The minimum atomic E-state index is -1.09. The second-order valence-corrected chi connectivity index (χ2v) is 6.20. The standard InChI is InChI=1S/C21H24N2O5/c1-15-7-6-10-18(13-15)27-12-11-19(24)28-16(2)20(25)23-21(26)22-14-17-8-4-3-5-9-17/h3-10,13,16H,11-12,14H2,1-2H3,(H2,22,23,25,26)/t16-/m1/s1. The van der Waals surface area contributed by atoms with Gasteiger partial charge in [-0.05, 0) is 37.1 Å². The number of rotatable bonds is 8. The van der Waals surface area contributed by atoms with Crippen molar-refractivity contribution in [3.63, 3.8) is 0 Å². The van der Waals surface area contributed by atoms with Gasteiger partial charge in [-0.3, -0.25) is 14.9 Å². The van der Waals surface area contributed by atoms with Crippen LogP contribution >= 0.6 is 0 Å². The molecule has 2 rings (SSSR count). The average Bonchev–Trinajstić information content (AvgIpc) is 2.67. The lowest BCUT2D eigenvalue weighted by Gasteiger charge is -2.13. The van der Waals surface area contributed by atoms with E-state index >= 15 is 0 Å². The lowest BCUT2D eigenvalue weighted by molar-refractivity contribution is -0.154. The molecule has 3 amide bonds. The third-order valence-electron chi connectivity index (χ3n) is 3.77. The van der Waals surface area contributed by atoms with Crippen molar-refractivity contribution in [2.24, 2.45) is 0 Å². The molecule has 0 radical (unpaired) electrons. The minimum Gasteiger partial charge on any atom is -0.493 e. The van der Waals surface area contributed by atoms with Gasteiger partial charge in [-0.1, -0.05) is 42.5 Å². The summed E-state index contributed by atoms with van der Waals surface area (Å²) in [7, 11) is 0. The van der Waals surface area contributed by atoms with E-state index in [-0.39, 0.29) is 19.6 Å². The number of carbonyl (C=O) groups is 3. The van der Waals surface area contributed by atoms with E-state index in [1.807, 2.05) is 55.5 Å². The van der Waals surface area contributed by atoms with Crippen molar-refractivity contribution >= 4 is 17.9 Å². The summed E-state index contributed by atoms with van der Waals surface area (Å²) in [6, 6.07) is 16.1. The smallest absolute Gasteiger partial charge is 0.321 e. The molecule has 148 valence electrons. The van der Waals surface area contributed by atoms with E-state index in [2.05, 4.69) is 10.6 Å².